The number of ether oxygens (including phenoxy) is 1. The van der Waals surface area contributed by atoms with Gasteiger partial charge in [0.15, 0.2) is 0 Å². The Morgan fingerprint density at radius 1 is 1.00 bits per heavy atom. The Bertz CT molecular complexity index is 1500. The van der Waals surface area contributed by atoms with E-state index in [0.717, 1.165) is 39.9 Å². The number of aromatic nitrogens is 3. The molecule has 2 heterocycles. The van der Waals surface area contributed by atoms with E-state index in [1.54, 1.807) is 28.4 Å². The summed E-state index contributed by atoms with van der Waals surface area (Å²) in [7, 11) is 7.60. The molecule has 0 bridgehead atoms. The quantitative estimate of drug-likeness (QED) is 0.363. The molecule has 38 heavy (non-hydrogen) atoms. The second-order valence-corrected chi connectivity index (χ2v) is 9.94. The van der Waals surface area contributed by atoms with Gasteiger partial charge in [-0.1, -0.05) is 6.07 Å². The van der Waals surface area contributed by atoms with Crippen LogP contribution in [0, 0.1) is 6.92 Å². The van der Waals surface area contributed by atoms with Crippen LogP contribution in [0.25, 0.3) is 22.3 Å². The third kappa shape index (κ3) is 6.39. The van der Waals surface area contributed by atoms with Crippen molar-refractivity contribution in [3.63, 3.8) is 0 Å². The van der Waals surface area contributed by atoms with Gasteiger partial charge in [-0.05, 0) is 92.2 Å². The molecule has 4 aromatic rings. The lowest BCUT2D eigenvalue weighted by atomic mass is 9.95. The van der Waals surface area contributed by atoms with Crippen LogP contribution < -0.4 is 15.6 Å². The van der Waals surface area contributed by atoms with Crippen molar-refractivity contribution >= 4 is 5.91 Å². The number of hydrogen-bond donors (Lipinski definition) is 1. The lowest BCUT2D eigenvalue weighted by Crippen LogP contribution is -2.27. The molecule has 0 aliphatic rings. The summed E-state index contributed by atoms with van der Waals surface area (Å²) in [5.41, 5.74) is 6.15. The molecule has 0 aliphatic heterocycles. The monoisotopic (exact) mass is 513 g/mol. The minimum atomic E-state index is -0.275. The van der Waals surface area contributed by atoms with Crippen LogP contribution in [-0.2, 0) is 14.1 Å². The van der Waals surface area contributed by atoms with Gasteiger partial charge < -0.3 is 19.5 Å². The minimum absolute atomic E-state index is 0.0682. The third-order valence-electron chi connectivity index (χ3n) is 6.52. The van der Waals surface area contributed by atoms with E-state index in [1.165, 1.54) is 0 Å². The predicted molar refractivity (Wildman–Crippen MR) is 150 cm³/mol. The van der Waals surface area contributed by atoms with Crippen LogP contribution in [0.3, 0.4) is 0 Å². The number of likely N-dealkylation sites (N-methyl/N-ethyl adjacent to an activating group) is 1. The van der Waals surface area contributed by atoms with E-state index in [2.05, 4.69) is 28.6 Å². The summed E-state index contributed by atoms with van der Waals surface area (Å²) in [5, 5.41) is 7.48. The molecule has 8 nitrogen and oxygen atoms in total. The summed E-state index contributed by atoms with van der Waals surface area (Å²) in [6, 6.07) is 14.9. The van der Waals surface area contributed by atoms with Crippen molar-refractivity contribution in [1.82, 2.24) is 24.6 Å². The maximum atomic E-state index is 13.4. The van der Waals surface area contributed by atoms with E-state index in [1.807, 2.05) is 76.7 Å². The average molecular weight is 514 g/mol. The SMILES string of the molecule is Cc1ccc(OCCN(C)C)cc1C(=O)N[C@H](C)c1cc(-c2cnn(C)c2)cc(-c2ccc(=O)n(C)c2)c1. The number of amides is 1. The number of hydrogen-bond acceptors (Lipinski definition) is 5. The number of rotatable bonds is 9. The van der Waals surface area contributed by atoms with Crippen molar-refractivity contribution in [3.05, 3.63) is 94.2 Å². The third-order valence-corrected chi connectivity index (χ3v) is 6.52. The fourth-order valence-corrected chi connectivity index (χ4v) is 4.21. The van der Waals surface area contributed by atoms with E-state index in [4.69, 9.17) is 4.74 Å². The van der Waals surface area contributed by atoms with Gasteiger partial charge in [0.2, 0.25) is 5.56 Å². The van der Waals surface area contributed by atoms with Crippen molar-refractivity contribution < 1.29 is 9.53 Å². The Kier molecular flexibility index (Phi) is 8.12. The number of aryl methyl sites for hydroxylation is 3. The highest BCUT2D eigenvalue weighted by atomic mass is 16.5. The summed E-state index contributed by atoms with van der Waals surface area (Å²) >= 11 is 0. The lowest BCUT2D eigenvalue weighted by Gasteiger charge is -2.19. The van der Waals surface area contributed by atoms with Crippen molar-refractivity contribution in [2.24, 2.45) is 14.1 Å². The Labute approximate surface area is 223 Å². The molecule has 0 saturated carbocycles. The Morgan fingerprint density at radius 2 is 1.74 bits per heavy atom. The molecule has 4 rings (SSSR count). The molecule has 1 atom stereocenters. The van der Waals surface area contributed by atoms with Crippen LogP contribution in [0.2, 0.25) is 0 Å². The molecule has 2 aromatic heterocycles. The van der Waals surface area contributed by atoms with E-state index in [-0.39, 0.29) is 17.5 Å². The van der Waals surface area contributed by atoms with E-state index in [9.17, 15) is 9.59 Å². The number of benzene rings is 2. The summed E-state index contributed by atoms with van der Waals surface area (Å²) in [6.07, 6.45) is 5.60. The van der Waals surface area contributed by atoms with E-state index < -0.39 is 0 Å². The molecule has 2 aromatic carbocycles. The van der Waals surface area contributed by atoms with Crippen molar-refractivity contribution in [2.45, 2.75) is 19.9 Å². The second kappa shape index (κ2) is 11.5. The minimum Gasteiger partial charge on any atom is -0.492 e. The fourth-order valence-electron chi connectivity index (χ4n) is 4.21. The summed E-state index contributed by atoms with van der Waals surface area (Å²) in [6.45, 7) is 5.22. The predicted octanol–water partition coefficient (Wildman–Crippen LogP) is 4.19. The van der Waals surface area contributed by atoms with Crippen LogP contribution in [-0.4, -0.2) is 52.4 Å². The zero-order chi connectivity index (χ0) is 27.4. The maximum Gasteiger partial charge on any atom is 0.252 e. The number of carbonyl (C=O) groups is 1. The molecule has 0 radical (unpaired) electrons. The van der Waals surface area contributed by atoms with Gasteiger partial charge in [-0.3, -0.25) is 14.3 Å². The van der Waals surface area contributed by atoms with Gasteiger partial charge in [0.25, 0.3) is 5.91 Å². The topological polar surface area (TPSA) is 81.4 Å². The van der Waals surface area contributed by atoms with Crippen molar-refractivity contribution in [1.29, 1.82) is 0 Å². The zero-order valence-electron chi connectivity index (χ0n) is 22.9. The van der Waals surface area contributed by atoms with Gasteiger partial charge in [0.1, 0.15) is 12.4 Å². The average Bonchev–Trinajstić information content (AvgIpc) is 3.32. The highest BCUT2D eigenvalue weighted by Crippen LogP contribution is 2.30. The smallest absolute Gasteiger partial charge is 0.252 e. The molecule has 1 N–H and O–H groups in total. The molecule has 0 unspecified atom stereocenters. The van der Waals surface area contributed by atoms with Gasteiger partial charge in [0.05, 0.1) is 12.2 Å². The number of carbonyl (C=O) groups excluding carboxylic acids is 1. The molecular formula is C30H35N5O3. The highest BCUT2D eigenvalue weighted by molar-refractivity contribution is 5.96. The first-order valence-electron chi connectivity index (χ1n) is 12.6. The van der Waals surface area contributed by atoms with Crippen molar-refractivity contribution in [3.8, 4) is 28.0 Å². The first kappa shape index (κ1) is 26.9. The Morgan fingerprint density at radius 3 is 2.39 bits per heavy atom. The van der Waals surface area contributed by atoms with E-state index in [0.29, 0.717) is 17.9 Å². The van der Waals surface area contributed by atoms with Gasteiger partial charge in [0, 0.05) is 50.2 Å². The molecule has 0 saturated heterocycles. The molecule has 1 amide bonds. The number of nitrogens with zero attached hydrogens (tertiary/aromatic N) is 4. The molecule has 8 heteroatoms. The van der Waals surface area contributed by atoms with E-state index >= 15 is 0 Å². The molecule has 0 fully saturated rings. The first-order valence-corrected chi connectivity index (χ1v) is 12.6. The maximum absolute atomic E-state index is 13.4. The first-order chi connectivity index (χ1) is 18.1. The standard InChI is InChI=1S/C30H35N5O3/c1-20-7-9-27(38-12-11-33(3)4)16-28(20)30(37)32-21(2)23-13-24(22-8-10-29(36)34(5)18-22)15-25(14-23)26-17-31-35(6)19-26/h7-10,13-19,21H,11-12H2,1-6H3,(H,32,37)/t21-/m1/s1. The number of nitrogens with one attached hydrogen (secondary N) is 1. The number of pyridine rings is 1. The molecule has 0 spiro atoms. The van der Waals surface area contributed by atoms with Crippen LogP contribution in [0.4, 0.5) is 0 Å². The fraction of sp³-hybridized carbons (Fsp3) is 0.300. The molecular weight excluding hydrogens is 478 g/mol. The normalized spacial score (nSPS) is 12.0. The molecule has 198 valence electrons. The zero-order valence-corrected chi connectivity index (χ0v) is 22.9. The molecule has 0 aliphatic carbocycles. The lowest BCUT2D eigenvalue weighted by molar-refractivity contribution is 0.0938. The Balaban J connectivity index is 1.63. The van der Waals surface area contributed by atoms with Crippen LogP contribution in [0.5, 0.6) is 5.75 Å². The summed E-state index contributed by atoms with van der Waals surface area (Å²) in [4.78, 5) is 27.4. The van der Waals surface area contributed by atoms with Gasteiger partial charge >= 0.3 is 0 Å². The van der Waals surface area contributed by atoms with Crippen LogP contribution >= 0.6 is 0 Å². The van der Waals surface area contributed by atoms with Gasteiger partial charge in [-0.15, -0.1) is 0 Å². The van der Waals surface area contributed by atoms with Crippen LogP contribution in [0.15, 0.2) is 71.9 Å². The second-order valence-electron chi connectivity index (χ2n) is 9.94. The summed E-state index contributed by atoms with van der Waals surface area (Å²) in [5.74, 6) is 0.509. The van der Waals surface area contributed by atoms with Crippen LogP contribution in [0.1, 0.15) is 34.5 Å². The largest absolute Gasteiger partial charge is 0.492 e. The van der Waals surface area contributed by atoms with Gasteiger partial charge in [-0.2, -0.15) is 5.10 Å². The highest BCUT2D eigenvalue weighted by Gasteiger charge is 2.17. The van der Waals surface area contributed by atoms with Gasteiger partial charge in [-0.25, -0.2) is 0 Å². The summed E-state index contributed by atoms with van der Waals surface area (Å²) < 4.78 is 9.17. The Hall–Kier alpha value is -4.17. The van der Waals surface area contributed by atoms with Crippen molar-refractivity contribution in [2.75, 3.05) is 27.2 Å².